The predicted octanol–water partition coefficient (Wildman–Crippen LogP) is 1.96. The summed E-state index contributed by atoms with van der Waals surface area (Å²) in [6.07, 6.45) is 1.60. The Morgan fingerprint density at radius 1 is 1.04 bits per heavy atom. The first kappa shape index (κ1) is 18.5. The Bertz CT molecular complexity index is 662. The van der Waals surface area contributed by atoms with Gasteiger partial charge in [0.1, 0.15) is 23.9 Å². The number of carbonyl (C=O) groups is 1. The number of ether oxygens (including phenoxy) is 3. The molecule has 0 saturated carbocycles. The first-order valence-corrected chi connectivity index (χ1v) is 7.97. The molecule has 7 nitrogen and oxygen atoms in total. The number of benzene rings is 1. The molecule has 0 spiro atoms. The molecular weight excluding hydrogens is 322 g/mol. The lowest BCUT2D eigenvalue weighted by Crippen LogP contribution is -2.28. The van der Waals surface area contributed by atoms with Crippen LogP contribution in [-0.2, 0) is 4.74 Å². The second kappa shape index (κ2) is 10.1. The summed E-state index contributed by atoms with van der Waals surface area (Å²) in [5.74, 6) is 1.96. The van der Waals surface area contributed by atoms with Crippen molar-refractivity contribution in [1.29, 1.82) is 0 Å². The van der Waals surface area contributed by atoms with E-state index in [4.69, 9.17) is 14.2 Å². The molecule has 25 heavy (non-hydrogen) atoms. The Kier molecular flexibility index (Phi) is 7.52. The number of methoxy groups -OCH3 is 2. The Morgan fingerprint density at radius 2 is 1.80 bits per heavy atom. The van der Waals surface area contributed by atoms with Gasteiger partial charge in [-0.25, -0.2) is 4.98 Å². The van der Waals surface area contributed by atoms with Crippen molar-refractivity contribution in [2.24, 2.45) is 0 Å². The monoisotopic (exact) mass is 345 g/mol. The highest BCUT2D eigenvalue weighted by molar-refractivity contribution is 5.94. The van der Waals surface area contributed by atoms with Crippen LogP contribution in [0.4, 0.5) is 5.82 Å². The summed E-state index contributed by atoms with van der Waals surface area (Å²) in [4.78, 5) is 16.3. The number of hydrogen-bond acceptors (Lipinski definition) is 6. The number of aromatic nitrogens is 1. The summed E-state index contributed by atoms with van der Waals surface area (Å²) in [5.41, 5.74) is 0.541. The molecule has 0 fully saturated rings. The zero-order valence-electron chi connectivity index (χ0n) is 14.5. The van der Waals surface area contributed by atoms with Gasteiger partial charge in [-0.3, -0.25) is 4.79 Å². The third-order valence-corrected chi connectivity index (χ3v) is 3.35. The topological polar surface area (TPSA) is 81.7 Å². The van der Waals surface area contributed by atoms with Gasteiger partial charge in [0.2, 0.25) is 0 Å². The maximum absolute atomic E-state index is 12.2. The molecule has 1 heterocycles. The average Bonchev–Trinajstić information content (AvgIpc) is 2.66. The van der Waals surface area contributed by atoms with Gasteiger partial charge < -0.3 is 24.8 Å². The summed E-state index contributed by atoms with van der Waals surface area (Å²) in [6.45, 7) is 1.98. The third-order valence-electron chi connectivity index (χ3n) is 3.35. The number of nitrogens with zero attached hydrogens (tertiary/aromatic N) is 1. The van der Waals surface area contributed by atoms with Crippen molar-refractivity contribution in [1.82, 2.24) is 10.3 Å². The molecule has 2 aromatic rings. The lowest BCUT2D eigenvalue weighted by atomic mass is 10.2. The van der Waals surface area contributed by atoms with E-state index in [1.54, 1.807) is 32.5 Å². The minimum Gasteiger partial charge on any atom is -0.497 e. The predicted molar refractivity (Wildman–Crippen MR) is 95.4 cm³/mol. The maximum atomic E-state index is 12.2. The molecule has 0 bridgehead atoms. The SMILES string of the molecule is COCCNc1cc(C(=O)NCCOc2ccc(OC)cc2)ccn1. The van der Waals surface area contributed by atoms with Gasteiger partial charge in [-0.05, 0) is 36.4 Å². The molecule has 134 valence electrons. The zero-order valence-corrected chi connectivity index (χ0v) is 14.5. The molecule has 0 atom stereocenters. The van der Waals surface area contributed by atoms with E-state index in [-0.39, 0.29) is 5.91 Å². The van der Waals surface area contributed by atoms with Crippen LogP contribution in [0.15, 0.2) is 42.6 Å². The van der Waals surface area contributed by atoms with Crippen LogP contribution in [0.5, 0.6) is 11.5 Å². The second-order valence-electron chi connectivity index (χ2n) is 5.13. The summed E-state index contributed by atoms with van der Waals surface area (Å²) in [5, 5.41) is 5.91. The van der Waals surface area contributed by atoms with Crippen molar-refractivity contribution in [2.75, 3.05) is 45.8 Å². The molecule has 0 saturated heterocycles. The number of nitrogens with one attached hydrogen (secondary N) is 2. The van der Waals surface area contributed by atoms with E-state index in [9.17, 15) is 4.79 Å². The van der Waals surface area contributed by atoms with Crippen molar-refractivity contribution < 1.29 is 19.0 Å². The molecule has 0 aliphatic heterocycles. The normalized spacial score (nSPS) is 10.2. The minimum absolute atomic E-state index is 0.171. The van der Waals surface area contributed by atoms with E-state index >= 15 is 0 Å². The fourth-order valence-electron chi connectivity index (χ4n) is 2.06. The van der Waals surface area contributed by atoms with Crippen molar-refractivity contribution in [2.45, 2.75) is 0 Å². The smallest absolute Gasteiger partial charge is 0.251 e. The van der Waals surface area contributed by atoms with E-state index in [0.717, 1.165) is 11.5 Å². The zero-order chi connectivity index (χ0) is 17.9. The number of carbonyl (C=O) groups excluding carboxylic acids is 1. The molecule has 2 rings (SSSR count). The molecule has 1 amide bonds. The summed E-state index contributed by atoms with van der Waals surface area (Å²) in [6, 6.07) is 10.7. The van der Waals surface area contributed by atoms with Crippen molar-refractivity contribution in [3.8, 4) is 11.5 Å². The molecule has 1 aromatic heterocycles. The fourth-order valence-corrected chi connectivity index (χ4v) is 2.06. The summed E-state index contributed by atoms with van der Waals surface area (Å²) in [7, 11) is 3.25. The fraction of sp³-hybridized carbons (Fsp3) is 0.333. The number of rotatable bonds is 10. The van der Waals surface area contributed by atoms with Crippen LogP contribution < -0.4 is 20.1 Å². The second-order valence-corrected chi connectivity index (χ2v) is 5.13. The minimum atomic E-state index is -0.171. The Balaban J connectivity index is 1.74. The van der Waals surface area contributed by atoms with Gasteiger partial charge >= 0.3 is 0 Å². The van der Waals surface area contributed by atoms with E-state index in [1.807, 2.05) is 24.3 Å². The first-order chi connectivity index (χ1) is 12.2. The highest BCUT2D eigenvalue weighted by atomic mass is 16.5. The van der Waals surface area contributed by atoms with Crippen molar-refractivity contribution >= 4 is 11.7 Å². The van der Waals surface area contributed by atoms with Gasteiger partial charge in [-0.2, -0.15) is 0 Å². The molecule has 0 unspecified atom stereocenters. The molecule has 7 heteroatoms. The van der Waals surface area contributed by atoms with E-state index in [2.05, 4.69) is 15.6 Å². The van der Waals surface area contributed by atoms with Gasteiger partial charge in [0.15, 0.2) is 0 Å². The van der Waals surface area contributed by atoms with Gasteiger partial charge in [-0.1, -0.05) is 0 Å². The molecule has 2 N–H and O–H groups in total. The van der Waals surface area contributed by atoms with Crippen molar-refractivity contribution in [3.63, 3.8) is 0 Å². The Hall–Kier alpha value is -2.80. The summed E-state index contributed by atoms with van der Waals surface area (Å²) < 4.78 is 15.6. The highest BCUT2D eigenvalue weighted by Gasteiger charge is 2.06. The van der Waals surface area contributed by atoms with Crippen LogP contribution in [0, 0.1) is 0 Å². The lowest BCUT2D eigenvalue weighted by molar-refractivity contribution is 0.0947. The van der Waals surface area contributed by atoms with Gasteiger partial charge in [0.25, 0.3) is 5.91 Å². The van der Waals surface area contributed by atoms with Gasteiger partial charge in [0, 0.05) is 25.4 Å². The first-order valence-electron chi connectivity index (χ1n) is 7.97. The van der Waals surface area contributed by atoms with Crippen LogP contribution in [0.3, 0.4) is 0 Å². The molecular formula is C18H23N3O4. The largest absolute Gasteiger partial charge is 0.497 e. The van der Waals surface area contributed by atoms with E-state index < -0.39 is 0 Å². The van der Waals surface area contributed by atoms with Gasteiger partial charge in [0.05, 0.1) is 20.3 Å². The number of pyridine rings is 1. The van der Waals surface area contributed by atoms with Crippen LogP contribution in [0.2, 0.25) is 0 Å². The van der Waals surface area contributed by atoms with E-state index in [0.29, 0.717) is 37.7 Å². The van der Waals surface area contributed by atoms with Crippen molar-refractivity contribution in [3.05, 3.63) is 48.2 Å². The quantitative estimate of drug-likeness (QED) is 0.641. The average molecular weight is 345 g/mol. The maximum Gasteiger partial charge on any atom is 0.251 e. The Morgan fingerprint density at radius 3 is 2.52 bits per heavy atom. The number of anilines is 1. The van der Waals surface area contributed by atoms with Crippen LogP contribution in [-0.4, -0.2) is 51.4 Å². The van der Waals surface area contributed by atoms with Crippen LogP contribution in [0.1, 0.15) is 10.4 Å². The number of amides is 1. The highest BCUT2D eigenvalue weighted by Crippen LogP contribution is 2.16. The van der Waals surface area contributed by atoms with E-state index in [1.165, 1.54) is 0 Å². The standard InChI is InChI=1S/C18H23N3O4/c1-23-11-9-20-17-13-14(7-8-19-17)18(22)21-10-12-25-16-5-3-15(24-2)4-6-16/h3-8,13H,9-12H2,1-2H3,(H,19,20)(H,21,22). The molecule has 0 radical (unpaired) electrons. The number of hydrogen-bond donors (Lipinski definition) is 2. The lowest BCUT2D eigenvalue weighted by Gasteiger charge is -2.09. The summed E-state index contributed by atoms with van der Waals surface area (Å²) >= 11 is 0. The molecule has 1 aromatic carbocycles. The van der Waals surface area contributed by atoms with Gasteiger partial charge in [-0.15, -0.1) is 0 Å². The Labute approximate surface area is 147 Å². The third kappa shape index (κ3) is 6.31. The molecule has 0 aliphatic carbocycles. The molecule has 0 aliphatic rings. The van der Waals surface area contributed by atoms with Crippen LogP contribution in [0.25, 0.3) is 0 Å². The van der Waals surface area contributed by atoms with Crippen LogP contribution >= 0.6 is 0 Å².